The molecule has 0 spiro atoms. The van der Waals surface area contributed by atoms with Crippen molar-refractivity contribution in [2.24, 2.45) is 0 Å². The van der Waals surface area contributed by atoms with E-state index in [-0.39, 0.29) is 40.1 Å². The number of hydrogen-bond acceptors (Lipinski definition) is 5. The van der Waals surface area contributed by atoms with Gasteiger partial charge in [0.2, 0.25) is 5.91 Å². The second-order valence-electron chi connectivity index (χ2n) is 8.67. The van der Waals surface area contributed by atoms with E-state index in [0.717, 1.165) is 70.6 Å². The van der Waals surface area contributed by atoms with Gasteiger partial charge in [-0.1, -0.05) is 64.7 Å². The van der Waals surface area contributed by atoms with Gasteiger partial charge in [0.1, 0.15) is 6.54 Å². The summed E-state index contributed by atoms with van der Waals surface area (Å²) in [7, 11) is -0.809. The zero-order valence-corrected chi connectivity index (χ0v) is 22.6. The van der Waals surface area contributed by atoms with Gasteiger partial charge in [-0.15, -0.1) is 0 Å². The van der Waals surface area contributed by atoms with Gasteiger partial charge in [-0.05, 0) is 19.3 Å². The molecule has 0 rings (SSSR count). The normalized spacial score (nSPS) is 13.0. The summed E-state index contributed by atoms with van der Waals surface area (Å²) in [5.41, 5.74) is 0. The largest absolute Gasteiger partial charge is 1.00 e. The molecule has 0 fully saturated rings. The molecule has 0 heterocycles. The fraction of sp³-hybridized carbons (Fsp3) is 0.952. The molecule has 0 aromatic rings. The Morgan fingerprint density at radius 3 is 1.93 bits per heavy atom. The number of rotatable bonds is 19. The Kier molecular flexibility index (Phi) is 20.4. The zero-order chi connectivity index (χ0) is 22.2. The number of unbranched alkanes of at least 4 members (excludes halogenated alkanes) is 8. The second-order valence-corrected chi connectivity index (χ2v) is 10.3. The maximum atomic E-state index is 11.7. The standard InChI is InChI=1S/C21H44N2O5S.Na/c1-4-5-6-8-11-15-20(29(26,27)28)16-12-9-7-10-13-17-21(24)22-18-14-19-23(2,3)25;/h20,25H,4-19H2,1-3H3,(H-,22,24,26,27,28);/q;+1. The maximum absolute atomic E-state index is 11.7. The molecule has 1 unspecified atom stereocenters. The number of quaternary nitrogens is 1. The van der Waals surface area contributed by atoms with Crippen molar-refractivity contribution < 1.29 is 57.2 Å². The van der Waals surface area contributed by atoms with E-state index in [1.54, 1.807) is 14.1 Å². The van der Waals surface area contributed by atoms with E-state index in [4.69, 9.17) is 0 Å². The third kappa shape index (κ3) is 21.5. The van der Waals surface area contributed by atoms with Gasteiger partial charge >= 0.3 is 29.6 Å². The Morgan fingerprint density at radius 1 is 0.933 bits per heavy atom. The van der Waals surface area contributed by atoms with E-state index in [0.29, 0.717) is 32.4 Å². The van der Waals surface area contributed by atoms with Gasteiger partial charge in [-0.2, -0.15) is 4.65 Å². The molecule has 30 heavy (non-hydrogen) atoms. The van der Waals surface area contributed by atoms with Crippen LogP contribution < -0.4 is 34.9 Å². The fourth-order valence-electron chi connectivity index (χ4n) is 3.38. The average molecular weight is 460 g/mol. The molecule has 0 bridgehead atoms. The van der Waals surface area contributed by atoms with Gasteiger partial charge in [0, 0.05) is 24.6 Å². The molecule has 9 heteroatoms. The summed E-state index contributed by atoms with van der Waals surface area (Å²) in [5.74, 6) is 0.0360. The Morgan fingerprint density at radius 2 is 1.43 bits per heavy atom. The first-order valence-electron chi connectivity index (χ1n) is 11.3. The summed E-state index contributed by atoms with van der Waals surface area (Å²) in [6.07, 6.45) is 11.7. The van der Waals surface area contributed by atoms with Crippen molar-refractivity contribution in [1.29, 1.82) is 0 Å². The number of hydrogen-bond donors (Lipinski definition) is 2. The predicted molar refractivity (Wildman–Crippen MR) is 116 cm³/mol. The van der Waals surface area contributed by atoms with Gasteiger partial charge in [0.15, 0.2) is 0 Å². The minimum Gasteiger partial charge on any atom is -0.748 e. The van der Waals surface area contributed by atoms with Crippen LogP contribution in [0.5, 0.6) is 0 Å². The van der Waals surface area contributed by atoms with Crippen molar-refractivity contribution in [2.45, 2.75) is 102 Å². The minimum atomic E-state index is -4.21. The van der Waals surface area contributed by atoms with Crippen LogP contribution in [-0.2, 0) is 14.9 Å². The van der Waals surface area contributed by atoms with Crippen LogP contribution in [0.15, 0.2) is 0 Å². The van der Waals surface area contributed by atoms with Crippen LogP contribution in [0.1, 0.15) is 96.8 Å². The smallest absolute Gasteiger partial charge is 0.748 e. The molecule has 1 atom stereocenters. The molecule has 0 saturated heterocycles. The van der Waals surface area contributed by atoms with Crippen LogP contribution in [0.4, 0.5) is 0 Å². The number of carbonyl (C=O) groups excluding carboxylic acids is 1. The molecule has 174 valence electrons. The molecule has 0 aromatic carbocycles. The van der Waals surface area contributed by atoms with E-state index in [1.165, 1.54) is 0 Å². The topological polar surface area (TPSA) is 107 Å². The molecular formula is C21H44N2NaO5S+. The first kappa shape index (κ1) is 32.5. The van der Waals surface area contributed by atoms with E-state index < -0.39 is 15.4 Å². The Labute approximate surface area is 207 Å². The summed E-state index contributed by atoms with van der Waals surface area (Å²) in [5, 5.41) is 11.7. The molecule has 0 radical (unpaired) electrons. The first-order chi connectivity index (χ1) is 13.6. The maximum Gasteiger partial charge on any atom is 1.00 e. The molecule has 0 aromatic heterocycles. The number of amides is 1. The second kappa shape index (κ2) is 18.8. The molecular weight excluding hydrogens is 415 g/mol. The summed E-state index contributed by atoms with van der Waals surface area (Å²) in [6, 6.07) is 0. The number of nitrogens with one attached hydrogen (secondary N) is 1. The average Bonchev–Trinajstić information content (AvgIpc) is 2.60. The third-order valence-corrected chi connectivity index (χ3v) is 6.46. The van der Waals surface area contributed by atoms with Crippen LogP contribution in [0.25, 0.3) is 0 Å². The Balaban J connectivity index is 0. The third-order valence-electron chi connectivity index (χ3n) is 5.17. The van der Waals surface area contributed by atoms with Crippen molar-refractivity contribution in [3.63, 3.8) is 0 Å². The van der Waals surface area contributed by atoms with Crippen LogP contribution in [0, 0.1) is 0 Å². The van der Waals surface area contributed by atoms with Crippen molar-refractivity contribution in [3.05, 3.63) is 0 Å². The van der Waals surface area contributed by atoms with Gasteiger partial charge < -0.3 is 9.87 Å². The van der Waals surface area contributed by atoms with Gasteiger partial charge in [0.05, 0.1) is 24.2 Å². The quantitative estimate of drug-likeness (QED) is 0.0984. The SMILES string of the molecule is CCCCCCCC(CCCCCCCC(=O)NCCC[N+](C)(C)O)S(=O)(=O)[O-].[Na+]. The van der Waals surface area contributed by atoms with E-state index >= 15 is 0 Å². The summed E-state index contributed by atoms with van der Waals surface area (Å²) in [6.45, 7) is 3.31. The molecule has 7 nitrogen and oxygen atoms in total. The summed E-state index contributed by atoms with van der Waals surface area (Å²) in [4.78, 5) is 11.7. The monoisotopic (exact) mass is 459 g/mol. The van der Waals surface area contributed by atoms with Crippen LogP contribution in [0.3, 0.4) is 0 Å². The van der Waals surface area contributed by atoms with Crippen molar-refractivity contribution >= 4 is 16.0 Å². The first-order valence-corrected chi connectivity index (χ1v) is 12.8. The van der Waals surface area contributed by atoms with Gasteiger partial charge in [-0.3, -0.25) is 4.79 Å². The van der Waals surface area contributed by atoms with Crippen LogP contribution in [0.2, 0.25) is 0 Å². The Hall–Kier alpha value is 0.300. The number of carbonyl (C=O) groups is 1. The van der Waals surface area contributed by atoms with Crippen LogP contribution >= 0.6 is 0 Å². The van der Waals surface area contributed by atoms with Crippen LogP contribution in [-0.4, -0.2) is 61.2 Å². The van der Waals surface area contributed by atoms with Crippen molar-refractivity contribution in [2.75, 3.05) is 27.2 Å². The molecule has 0 aliphatic rings. The molecule has 0 saturated carbocycles. The molecule has 1 amide bonds. The van der Waals surface area contributed by atoms with E-state index in [1.807, 2.05) is 0 Å². The molecule has 0 aliphatic heterocycles. The number of hydroxylamine groups is 3. The summed E-state index contributed by atoms with van der Waals surface area (Å²) < 4.78 is 34.2. The van der Waals surface area contributed by atoms with Crippen molar-refractivity contribution in [1.82, 2.24) is 5.32 Å². The summed E-state index contributed by atoms with van der Waals surface area (Å²) >= 11 is 0. The minimum absolute atomic E-state index is 0. The molecule has 0 aliphatic carbocycles. The van der Waals surface area contributed by atoms with E-state index in [9.17, 15) is 23.0 Å². The predicted octanol–water partition coefficient (Wildman–Crippen LogP) is 0.967. The number of nitrogens with zero attached hydrogens (tertiary/aromatic N) is 1. The zero-order valence-electron chi connectivity index (χ0n) is 19.8. The Bertz CT molecular complexity index is 524. The van der Waals surface area contributed by atoms with Gasteiger partial charge in [0.25, 0.3) is 0 Å². The molecule has 2 N–H and O–H groups in total. The van der Waals surface area contributed by atoms with Gasteiger partial charge in [-0.25, -0.2) is 13.6 Å². The fourth-order valence-corrected chi connectivity index (χ4v) is 4.29. The van der Waals surface area contributed by atoms with Crippen molar-refractivity contribution in [3.8, 4) is 0 Å². The van der Waals surface area contributed by atoms with E-state index in [2.05, 4.69) is 12.2 Å².